The molecule has 6 nitrogen and oxygen atoms in total. The van der Waals surface area contributed by atoms with Crippen LogP contribution >= 0.6 is 0 Å². The van der Waals surface area contributed by atoms with Crippen LogP contribution in [0.15, 0.2) is 60.8 Å². The van der Waals surface area contributed by atoms with Crippen molar-refractivity contribution in [3.05, 3.63) is 66.5 Å². The minimum atomic E-state index is -0.458. The van der Waals surface area contributed by atoms with Crippen molar-refractivity contribution in [1.29, 1.82) is 0 Å². The van der Waals surface area contributed by atoms with Gasteiger partial charge in [-0.1, -0.05) is 12.1 Å². The molecule has 0 radical (unpaired) electrons. The maximum absolute atomic E-state index is 11.8. The Hall–Kier alpha value is -3.41. The fourth-order valence-electron chi connectivity index (χ4n) is 2.35. The molecule has 0 atom stereocenters. The second-order valence-electron chi connectivity index (χ2n) is 5.54. The van der Waals surface area contributed by atoms with Crippen molar-refractivity contribution in [3.8, 4) is 11.5 Å². The van der Waals surface area contributed by atoms with Gasteiger partial charge in [0.1, 0.15) is 24.7 Å². The van der Waals surface area contributed by atoms with E-state index in [9.17, 15) is 4.79 Å². The molecule has 3 rings (SSSR count). The Bertz CT molecular complexity index is 923. The highest BCUT2D eigenvalue weighted by Crippen LogP contribution is 2.17. The molecular weight excluding hydrogens is 344 g/mol. The third kappa shape index (κ3) is 5.54. The van der Waals surface area contributed by atoms with Gasteiger partial charge in [-0.3, -0.25) is 4.98 Å². The predicted octanol–water partition coefficient (Wildman–Crippen LogP) is 3.66. The van der Waals surface area contributed by atoms with Gasteiger partial charge in [0.25, 0.3) is 0 Å². The van der Waals surface area contributed by atoms with E-state index in [1.165, 1.54) is 6.08 Å². The van der Waals surface area contributed by atoms with Crippen LogP contribution in [0.4, 0.5) is 0 Å². The molecular formula is C21H20N2O4. The summed E-state index contributed by atoms with van der Waals surface area (Å²) in [4.78, 5) is 20.5. The summed E-state index contributed by atoms with van der Waals surface area (Å²) in [6, 6.07) is 14.8. The van der Waals surface area contributed by atoms with Crippen LogP contribution in [0.1, 0.15) is 12.6 Å². The van der Waals surface area contributed by atoms with Crippen LogP contribution in [0.3, 0.4) is 0 Å². The Morgan fingerprint density at radius 3 is 2.41 bits per heavy atom. The summed E-state index contributed by atoms with van der Waals surface area (Å²) < 4.78 is 16.0. The monoisotopic (exact) mass is 364 g/mol. The zero-order valence-electron chi connectivity index (χ0n) is 15.0. The molecule has 0 aliphatic rings. The number of rotatable bonds is 8. The van der Waals surface area contributed by atoms with E-state index in [4.69, 9.17) is 14.2 Å². The predicted molar refractivity (Wildman–Crippen MR) is 103 cm³/mol. The maximum Gasteiger partial charge on any atom is 0.330 e. The third-order valence-electron chi connectivity index (χ3n) is 3.59. The Labute approximate surface area is 157 Å². The number of para-hydroxylation sites is 2. The standard InChI is InChI=1S/C21H20N2O4/c1-2-25-17-8-10-18(11-9-17)26-13-14-27-21(24)12-7-16-15-22-19-5-3-4-6-20(19)23-16/h3-12,15H,2,13-14H2,1H3/b12-7+. The SMILES string of the molecule is CCOc1ccc(OCCOC(=O)/C=C/c2cnc3ccccc3n2)cc1. The highest BCUT2D eigenvalue weighted by atomic mass is 16.6. The summed E-state index contributed by atoms with van der Waals surface area (Å²) in [5, 5.41) is 0. The minimum Gasteiger partial charge on any atom is -0.494 e. The number of hydrogen-bond acceptors (Lipinski definition) is 6. The Morgan fingerprint density at radius 1 is 0.963 bits per heavy atom. The highest BCUT2D eigenvalue weighted by molar-refractivity contribution is 5.87. The summed E-state index contributed by atoms with van der Waals surface area (Å²) >= 11 is 0. The van der Waals surface area contributed by atoms with Crippen molar-refractivity contribution in [2.24, 2.45) is 0 Å². The normalized spacial score (nSPS) is 10.9. The van der Waals surface area contributed by atoms with Crippen LogP contribution in [0.2, 0.25) is 0 Å². The molecule has 0 amide bonds. The van der Waals surface area contributed by atoms with Crippen LogP contribution < -0.4 is 9.47 Å². The quantitative estimate of drug-likeness (QED) is 0.345. The first-order chi connectivity index (χ1) is 13.2. The number of hydrogen-bond donors (Lipinski definition) is 0. The van der Waals surface area contributed by atoms with Crippen molar-refractivity contribution in [2.75, 3.05) is 19.8 Å². The van der Waals surface area contributed by atoms with Crippen LogP contribution in [-0.4, -0.2) is 35.8 Å². The third-order valence-corrected chi connectivity index (χ3v) is 3.59. The van der Waals surface area contributed by atoms with Crippen molar-refractivity contribution in [2.45, 2.75) is 6.92 Å². The summed E-state index contributed by atoms with van der Waals surface area (Å²) in [6.07, 6.45) is 4.52. The average molecular weight is 364 g/mol. The molecule has 0 bridgehead atoms. The summed E-state index contributed by atoms with van der Waals surface area (Å²) in [5.41, 5.74) is 2.18. The van der Waals surface area contributed by atoms with Gasteiger partial charge < -0.3 is 14.2 Å². The largest absolute Gasteiger partial charge is 0.494 e. The lowest BCUT2D eigenvalue weighted by atomic mass is 10.3. The number of carbonyl (C=O) groups is 1. The molecule has 138 valence electrons. The van der Waals surface area contributed by atoms with E-state index >= 15 is 0 Å². The molecule has 0 spiro atoms. The molecule has 6 heteroatoms. The van der Waals surface area contributed by atoms with Crippen molar-refractivity contribution < 1.29 is 19.0 Å². The zero-order chi connectivity index (χ0) is 18.9. The van der Waals surface area contributed by atoms with Gasteiger partial charge in [-0.05, 0) is 49.4 Å². The van der Waals surface area contributed by atoms with Crippen LogP contribution in [0, 0.1) is 0 Å². The molecule has 0 saturated carbocycles. The van der Waals surface area contributed by atoms with Gasteiger partial charge in [0, 0.05) is 6.08 Å². The Morgan fingerprint density at radius 2 is 1.67 bits per heavy atom. The first-order valence-corrected chi connectivity index (χ1v) is 8.67. The van der Waals surface area contributed by atoms with E-state index in [2.05, 4.69) is 9.97 Å². The van der Waals surface area contributed by atoms with E-state index < -0.39 is 5.97 Å². The zero-order valence-corrected chi connectivity index (χ0v) is 15.0. The van der Waals surface area contributed by atoms with Gasteiger partial charge in [-0.15, -0.1) is 0 Å². The maximum atomic E-state index is 11.8. The first kappa shape index (κ1) is 18.4. The summed E-state index contributed by atoms with van der Waals surface area (Å²) in [6.45, 7) is 2.97. The number of esters is 1. The van der Waals surface area contributed by atoms with Crippen LogP contribution in [-0.2, 0) is 9.53 Å². The molecule has 1 heterocycles. The minimum absolute atomic E-state index is 0.153. The molecule has 27 heavy (non-hydrogen) atoms. The van der Waals surface area contributed by atoms with Crippen molar-refractivity contribution in [1.82, 2.24) is 9.97 Å². The number of aromatic nitrogens is 2. The summed E-state index contributed by atoms with van der Waals surface area (Å²) in [7, 11) is 0. The number of carbonyl (C=O) groups excluding carboxylic acids is 1. The topological polar surface area (TPSA) is 70.5 Å². The van der Waals surface area contributed by atoms with Crippen LogP contribution in [0.5, 0.6) is 11.5 Å². The molecule has 2 aromatic carbocycles. The molecule has 0 fully saturated rings. The lowest BCUT2D eigenvalue weighted by molar-refractivity contribution is -0.138. The number of ether oxygens (including phenoxy) is 3. The second-order valence-corrected chi connectivity index (χ2v) is 5.54. The van der Waals surface area contributed by atoms with E-state index in [0.717, 1.165) is 16.8 Å². The smallest absolute Gasteiger partial charge is 0.330 e. The van der Waals surface area contributed by atoms with Gasteiger partial charge in [-0.25, -0.2) is 9.78 Å². The molecule has 3 aromatic rings. The molecule has 0 N–H and O–H groups in total. The highest BCUT2D eigenvalue weighted by Gasteiger charge is 2.01. The number of benzene rings is 2. The fourth-order valence-corrected chi connectivity index (χ4v) is 2.35. The van der Waals surface area contributed by atoms with Gasteiger partial charge in [0.2, 0.25) is 0 Å². The number of fused-ring (bicyclic) bond motifs is 1. The number of nitrogens with zero attached hydrogens (tertiary/aromatic N) is 2. The average Bonchev–Trinajstić information content (AvgIpc) is 2.71. The van der Waals surface area contributed by atoms with Crippen LogP contribution in [0.25, 0.3) is 17.1 Å². The van der Waals surface area contributed by atoms with E-state index in [-0.39, 0.29) is 13.2 Å². The second kappa shape index (κ2) is 9.33. The van der Waals surface area contributed by atoms with Gasteiger partial charge in [-0.2, -0.15) is 0 Å². The van der Waals surface area contributed by atoms with Gasteiger partial charge in [0.15, 0.2) is 0 Å². The fraction of sp³-hybridized carbons (Fsp3) is 0.190. The molecule has 0 saturated heterocycles. The van der Waals surface area contributed by atoms with Gasteiger partial charge >= 0.3 is 5.97 Å². The van der Waals surface area contributed by atoms with Gasteiger partial charge in [0.05, 0.1) is 29.5 Å². The molecule has 1 aromatic heterocycles. The van der Waals surface area contributed by atoms with E-state index in [1.807, 2.05) is 55.5 Å². The summed E-state index contributed by atoms with van der Waals surface area (Å²) in [5.74, 6) is 1.02. The molecule has 0 unspecified atom stereocenters. The van der Waals surface area contributed by atoms with Crippen molar-refractivity contribution in [3.63, 3.8) is 0 Å². The van der Waals surface area contributed by atoms with E-state index in [0.29, 0.717) is 18.1 Å². The van der Waals surface area contributed by atoms with E-state index in [1.54, 1.807) is 12.3 Å². The van der Waals surface area contributed by atoms with Crippen molar-refractivity contribution >= 4 is 23.1 Å². The lowest BCUT2D eigenvalue weighted by Gasteiger charge is -2.07. The Balaban J connectivity index is 1.42. The first-order valence-electron chi connectivity index (χ1n) is 8.67. The Kier molecular flexibility index (Phi) is 6.35. The molecule has 0 aliphatic heterocycles. The molecule has 0 aliphatic carbocycles. The lowest BCUT2D eigenvalue weighted by Crippen LogP contribution is -2.10.